The number of aliphatic hydroxyl groups is 1. The zero-order valence-corrected chi connectivity index (χ0v) is 24.0. The van der Waals surface area contributed by atoms with Crippen LogP contribution < -0.4 is 10.6 Å². The molecule has 9 nitrogen and oxygen atoms in total. The summed E-state index contributed by atoms with van der Waals surface area (Å²) < 4.78 is 20.6. The average molecular weight is 552 g/mol. The first-order valence-electron chi connectivity index (χ1n) is 13.6. The van der Waals surface area contributed by atoms with E-state index in [0.29, 0.717) is 36.3 Å². The molecule has 3 atom stereocenters. The van der Waals surface area contributed by atoms with Crippen molar-refractivity contribution in [2.24, 2.45) is 0 Å². The van der Waals surface area contributed by atoms with Crippen LogP contribution in [0.2, 0.25) is 0 Å². The van der Waals surface area contributed by atoms with Gasteiger partial charge in [-0.2, -0.15) is 0 Å². The number of halogens is 1. The molecular formula is C28H39B2FN4O5. The molecule has 3 N–H and O–H groups in total. The number of likely N-dealkylation sites (N-methyl/N-ethyl adjacent to an activating group) is 2. The molecule has 0 spiro atoms. The Morgan fingerprint density at radius 2 is 2.10 bits per heavy atom. The highest BCUT2D eigenvalue weighted by atomic mass is 19.1. The van der Waals surface area contributed by atoms with Crippen molar-refractivity contribution < 1.29 is 28.6 Å². The number of anilines is 1. The third-order valence-corrected chi connectivity index (χ3v) is 7.58. The summed E-state index contributed by atoms with van der Waals surface area (Å²) >= 11 is 0. The predicted molar refractivity (Wildman–Crippen MR) is 157 cm³/mol. The fraction of sp³-hybridized carbons (Fsp3) is 0.464. The van der Waals surface area contributed by atoms with Gasteiger partial charge in [0.25, 0.3) is 5.91 Å². The number of ether oxygens (including phenoxy) is 1. The van der Waals surface area contributed by atoms with E-state index in [1.165, 1.54) is 19.0 Å². The van der Waals surface area contributed by atoms with Crippen LogP contribution in [0.25, 0.3) is 0 Å². The van der Waals surface area contributed by atoms with Crippen LogP contribution in [0, 0.1) is 5.82 Å². The molecule has 1 aliphatic rings. The molecular weight excluding hydrogens is 513 g/mol. The minimum absolute atomic E-state index is 0.0995. The summed E-state index contributed by atoms with van der Waals surface area (Å²) in [5.41, 5.74) is 1.08. The van der Waals surface area contributed by atoms with Gasteiger partial charge in [-0.05, 0) is 37.1 Å². The van der Waals surface area contributed by atoms with E-state index < -0.39 is 23.3 Å². The van der Waals surface area contributed by atoms with Crippen LogP contribution >= 0.6 is 0 Å². The van der Waals surface area contributed by atoms with E-state index >= 15 is 4.39 Å². The first kappa shape index (κ1) is 31.3. The van der Waals surface area contributed by atoms with Crippen LogP contribution in [0.5, 0.6) is 0 Å². The quantitative estimate of drug-likeness (QED) is 0.259. The van der Waals surface area contributed by atoms with E-state index in [1.54, 1.807) is 46.0 Å². The molecule has 2 amide bonds. The molecule has 2 aromatic carbocycles. The Kier molecular flexibility index (Phi) is 10.9. The maximum atomic E-state index is 15.0. The standard InChI is InChI=1S/C28H39B2FN4O5/c1-18-16-35(11-13-40-18)17-19-8-9-20(22(31)14-19)15-33-23-7-4-6-21(24(23)25(29)37)26(38)34(3)28(30,10-5-12-36)27(39)32-2/h4,6-9,12,14,18,25,33,37H,5,10-11,13,15-17,29-30H2,1-3H3,(H,32,39). The molecule has 0 bridgehead atoms. The maximum Gasteiger partial charge on any atom is 0.254 e. The van der Waals surface area contributed by atoms with Crippen molar-refractivity contribution in [3.8, 4) is 0 Å². The molecule has 3 unspecified atom stereocenters. The molecule has 2 aromatic rings. The van der Waals surface area contributed by atoms with Gasteiger partial charge >= 0.3 is 0 Å². The minimum atomic E-state index is -1.28. The van der Waals surface area contributed by atoms with Crippen molar-refractivity contribution in [1.29, 1.82) is 0 Å². The van der Waals surface area contributed by atoms with Crippen LogP contribution in [0.3, 0.4) is 0 Å². The first-order valence-corrected chi connectivity index (χ1v) is 13.6. The van der Waals surface area contributed by atoms with Gasteiger partial charge in [0.05, 0.1) is 18.1 Å². The molecule has 1 heterocycles. The fourth-order valence-electron chi connectivity index (χ4n) is 5.12. The van der Waals surface area contributed by atoms with Crippen LogP contribution in [0.15, 0.2) is 36.4 Å². The number of nitrogens with zero attached hydrogens (tertiary/aromatic N) is 2. The van der Waals surface area contributed by atoms with Crippen molar-refractivity contribution in [2.75, 3.05) is 39.1 Å². The van der Waals surface area contributed by atoms with Gasteiger partial charge in [0.1, 0.15) is 27.8 Å². The molecule has 0 saturated carbocycles. The van der Waals surface area contributed by atoms with Gasteiger partial charge in [0.15, 0.2) is 0 Å². The molecule has 1 saturated heterocycles. The van der Waals surface area contributed by atoms with E-state index in [-0.39, 0.29) is 36.9 Å². The number of benzene rings is 2. The second-order valence-corrected chi connectivity index (χ2v) is 10.6. The number of aliphatic hydroxyl groups excluding tert-OH is 1. The average Bonchev–Trinajstić information content (AvgIpc) is 2.93. The van der Waals surface area contributed by atoms with Crippen LogP contribution in [-0.2, 0) is 27.4 Å². The molecule has 1 fully saturated rings. The lowest BCUT2D eigenvalue weighted by Gasteiger charge is -2.38. The SMILES string of the molecule is BC(O)c1c(NCc2ccc(CN3CCOC(C)C3)cc2F)cccc1C(=O)N(C)C(B)(CCC=O)C(=O)NC. The number of rotatable bonds is 12. The number of morpholine rings is 1. The maximum absolute atomic E-state index is 15.0. The van der Waals surface area contributed by atoms with Gasteiger partial charge in [0.2, 0.25) is 5.91 Å². The monoisotopic (exact) mass is 552 g/mol. The third-order valence-electron chi connectivity index (χ3n) is 7.58. The number of amides is 2. The Balaban J connectivity index is 1.80. The van der Waals surface area contributed by atoms with Crippen molar-refractivity contribution in [3.05, 3.63) is 64.5 Å². The molecule has 3 rings (SSSR count). The number of carbonyl (C=O) groups excluding carboxylic acids is 3. The predicted octanol–water partition coefficient (Wildman–Crippen LogP) is 0.409. The molecule has 40 heavy (non-hydrogen) atoms. The Hall–Kier alpha value is -3.21. The summed E-state index contributed by atoms with van der Waals surface area (Å²) in [7, 11) is 6.12. The van der Waals surface area contributed by atoms with Crippen LogP contribution in [-0.4, -0.2) is 94.0 Å². The summed E-state index contributed by atoms with van der Waals surface area (Å²) in [5.74, 6) is -1.22. The number of hydrogen-bond donors (Lipinski definition) is 3. The van der Waals surface area contributed by atoms with E-state index in [4.69, 9.17) is 4.74 Å². The van der Waals surface area contributed by atoms with Crippen molar-refractivity contribution in [2.45, 2.75) is 50.4 Å². The van der Waals surface area contributed by atoms with E-state index in [0.717, 1.165) is 18.7 Å². The Morgan fingerprint density at radius 3 is 2.73 bits per heavy atom. The highest BCUT2D eigenvalue weighted by Crippen LogP contribution is 2.29. The Bertz CT molecular complexity index is 1220. The third kappa shape index (κ3) is 7.30. The Morgan fingerprint density at radius 1 is 1.35 bits per heavy atom. The lowest BCUT2D eigenvalue weighted by atomic mass is 9.71. The second kappa shape index (κ2) is 13.9. The smallest absolute Gasteiger partial charge is 0.254 e. The second-order valence-electron chi connectivity index (χ2n) is 10.6. The van der Waals surface area contributed by atoms with Gasteiger partial charge in [-0.1, -0.05) is 18.2 Å². The number of nitrogens with one attached hydrogen (secondary N) is 2. The highest BCUT2D eigenvalue weighted by Gasteiger charge is 2.40. The van der Waals surface area contributed by atoms with Crippen LogP contribution in [0.1, 0.15) is 52.8 Å². The summed E-state index contributed by atoms with van der Waals surface area (Å²) in [6, 6.07) is 9.13. The first-order chi connectivity index (χ1) is 19.0. The topological polar surface area (TPSA) is 111 Å². The molecule has 0 aromatic heterocycles. The van der Waals surface area contributed by atoms with Crippen molar-refractivity contribution in [3.63, 3.8) is 0 Å². The van der Waals surface area contributed by atoms with E-state index in [9.17, 15) is 19.5 Å². The Labute approximate surface area is 237 Å². The van der Waals surface area contributed by atoms with E-state index in [2.05, 4.69) is 15.5 Å². The van der Waals surface area contributed by atoms with Gasteiger partial charge in [-0.15, -0.1) is 0 Å². The summed E-state index contributed by atoms with van der Waals surface area (Å²) in [4.78, 5) is 40.9. The lowest BCUT2D eigenvalue weighted by Crippen LogP contribution is -2.59. The van der Waals surface area contributed by atoms with Gasteiger partial charge < -0.3 is 30.2 Å². The normalized spacial score (nSPS) is 17.9. The van der Waals surface area contributed by atoms with E-state index in [1.807, 2.05) is 13.0 Å². The minimum Gasteiger partial charge on any atom is -0.398 e. The zero-order valence-electron chi connectivity index (χ0n) is 24.0. The largest absolute Gasteiger partial charge is 0.398 e. The van der Waals surface area contributed by atoms with Gasteiger partial charge in [0, 0.05) is 75.1 Å². The molecule has 0 aliphatic carbocycles. The fourth-order valence-corrected chi connectivity index (χ4v) is 5.12. The molecule has 12 heteroatoms. The molecule has 1 aliphatic heterocycles. The van der Waals surface area contributed by atoms with Crippen molar-refractivity contribution in [1.82, 2.24) is 15.1 Å². The van der Waals surface area contributed by atoms with Crippen molar-refractivity contribution >= 4 is 39.5 Å². The zero-order chi connectivity index (χ0) is 29.4. The number of carbonyl (C=O) groups is 3. The number of aldehydes is 1. The van der Waals surface area contributed by atoms with Gasteiger partial charge in [-0.3, -0.25) is 14.5 Å². The lowest BCUT2D eigenvalue weighted by molar-refractivity contribution is -0.127. The number of hydrogen-bond acceptors (Lipinski definition) is 7. The summed E-state index contributed by atoms with van der Waals surface area (Å²) in [6.07, 6.45) is 1.10. The summed E-state index contributed by atoms with van der Waals surface area (Å²) in [6.45, 7) is 5.08. The highest BCUT2D eigenvalue weighted by molar-refractivity contribution is 6.30. The van der Waals surface area contributed by atoms with Gasteiger partial charge in [-0.25, -0.2) is 4.39 Å². The molecule has 0 radical (unpaired) electrons. The molecule has 214 valence electrons. The van der Waals surface area contributed by atoms with Crippen LogP contribution in [0.4, 0.5) is 10.1 Å². The summed E-state index contributed by atoms with van der Waals surface area (Å²) in [5, 5.41) is 16.4.